The number of aryl methyl sites for hydroxylation is 1. The average Bonchev–Trinajstić information content (AvgIpc) is 2.63. The largest absolute Gasteiger partial charge is 0.394 e. The van der Waals surface area contributed by atoms with Gasteiger partial charge in [-0.25, -0.2) is 0 Å². The lowest BCUT2D eigenvalue weighted by Gasteiger charge is -2.25. The molecule has 0 aliphatic carbocycles. The molecule has 0 aliphatic heterocycles. The summed E-state index contributed by atoms with van der Waals surface area (Å²) in [5, 5.41) is 8.01. The highest BCUT2D eigenvalue weighted by atomic mass is 15.3. The fourth-order valence-corrected chi connectivity index (χ4v) is 2.46. The van der Waals surface area contributed by atoms with Crippen LogP contribution in [0.15, 0.2) is 0 Å². The van der Waals surface area contributed by atoms with Gasteiger partial charge in [-0.2, -0.15) is 5.10 Å². The third-order valence-corrected chi connectivity index (χ3v) is 3.85. The van der Waals surface area contributed by atoms with E-state index in [4.69, 9.17) is 5.73 Å². The van der Waals surface area contributed by atoms with Gasteiger partial charge >= 0.3 is 0 Å². The molecule has 4 heteroatoms. The SMILES string of the molecule is CCCCCC(C)(C)CNc1c(N)c(C(C)C)nn1C. The van der Waals surface area contributed by atoms with Crippen molar-refractivity contribution in [3.8, 4) is 0 Å². The van der Waals surface area contributed by atoms with Crippen molar-refractivity contribution in [2.45, 2.75) is 66.2 Å². The third-order valence-electron chi connectivity index (χ3n) is 3.85. The van der Waals surface area contributed by atoms with Gasteiger partial charge in [0, 0.05) is 13.6 Å². The van der Waals surface area contributed by atoms with E-state index in [-0.39, 0.29) is 5.41 Å². The Morgan fingerprint density at radius 1 is 1.30 bits per heavy atom. The number of nitrogens with two attached hydrogens (primary N) is 1. The zero-order valence-corrected chi connectivity index (χ0v) is 14.1. The van der Waals surface area contributed by atoms with Gasteiger partial charge in [0.15, 0.2) is 0 Å². The molecule has 0 saturated heterocycles. The van der Waals surface area contributed by atoms with E-state index in [1.807, 2.05) is 11.7 Å². The van der Waals surface area contributed by atoms with E-state index in [1.54, 1.807) is 0 Å². The van der Waals surface area contributed by atoms with Crippen molar-refractivity contribution in [1.82, 2.24) is 9.78 Å². The summed E-state index contributed by atoms with van der Waals surface area (Å²) < 4.78 is 1.87. The van der Waals surface area contributed by atoms with E-state index in [0.717, 1.165) is 23.7 Å². The molecule has 0 saturated carbocycles. The summed E-state index contributed by atoms with van der Waals surface area (Å²) in [7, 11) is 1.95. The first-order valence-electron chi connectivity index (χ1n) is 7.84. The second-order valence-electron chi connectivity index (χ2n) is 6.90. The first kappa shape index (κ1) is 16.9. The van der Waals surface area contributed by atoms with Crippen LogP contribution in [0.5, 0.6) is 0 Å². The maximum atomic E-state index is 6.21. The first-order chi connectivity index (χ1) is 9.28. The standard InChI is InChI=1S/C16H32N4/c1-7-8-9-10-16(4,5)11-18-15-13(17)14(12(2)3)19-20(15)6/h12,18H,7-11,17H2,1-6H3. The van der Waals surface area contributed by atoms with E-state index in [0.29, 0.717) is 5.92 Å². The molecule has 1 heterocycles. The Labute approximate surface area is 124 Å². The number of rotatable bonds is 8. The Bertz CT molecular complexity index is 418. The van der Waals surface area contributed by atoms with E-state index < -0.39 is 0 Å². The lowest BCUT2D eigenvalue weighted by atomic mass is 9.87. The van der Waals surface area contributed by atoms with E-state index in [2.05, 4.69) is 45.0 Å². The van der Waals surface area contributed by atoms with Crippen LogP contribution in [-0.2, 0) is 7.05 Å². The first-order valence-corrected chi connectivity index (χ1v) is 7.84. The summed E-state index contributed by atoms with van der Waals surface area (Å²) in [6, 6.07) is 0. The van der Waals surface area contributed by atoms with Gasteiger partial charge in [0.25, 0.3) is 0 Å². The van der Waals surface area contributed by atoms with Crippen LogP contribution in [-0.4, -0.2) is 16.3 Å². The molecule has 3 N–H and O–H groups in total. The van der Waals surface area contributed by atoms with Crippen molar-refractivity contribution in [1.29, 1.82) is 0 Å². The summed E-state index contributed by atoms with van der Waals surface area (Å²) in [4.78, 5) is 0. The van der Waals surface area contributed by atoms with E-state index >= 15 is 0 Å². The van der Waals surface area contributed by atoms with Crippen molar-refractivity contribution < 1.29 is 0 Å². The van der Waals surface area contributed by atoms with Gasteiger partial charge in [-0.15, -0.1) is 0 Å². The summed E-state index contributed by atoms with van der Waals surface area (Å²) in [5.41, 5.74) is 8.27. The molecule has 116 valence electrons. The average molecular weight is 280 g/mol. The molecule has 20 heavy (non-hydrogen) atoms. The van der Waals surface area contributed by atoms with Gasteiger partial charge in [0.05, 0.1) is 11.4 Å². The highest BCUT2D eigenvalue weighted by Gasteiger charge is 2.20. The molecule has 0 bridgehead atoms. The van der Waals surface area contributed by atoms with Gasteiger partial charge in [-0.1, -0.05) is 53.9 Å². The molecule has 0 aromatic carbocycles. The minimum Gasteiger partial charge on any atom is -0.394 e. The second-order valence-corrected chi connectivity index (χ2v) is 6.90. The summed E-state index contributed by atoms with van der Waals surface area (Å²) in [5.74, 6) is 1.31. The van der Waals surface area contributed by atoms with Gasteiger partial charge in [-0.3, -0.25) is 4.68 Å². The summed E-state index contributed by atoms with van der Waals surface area (Å²) >= 11 is 0. The number of aromatic nitrogens is 2. The Balaban J connectivity index is 2.65. The van der Waals surface area contributed by atoms with Crippen molar-refractivity contribution in [3.05, 3.63) is 5.69 Å². The monoisotopic (exact) mass is 280 g/mol. The molecule has 0 atom stereocenters. The third kappa shape index (κ3) is 4.43. The number of hydrogen-bond donors (Lipinski definition) is 2. The number of unbranched alkanes of at least 4 members (excludes halogenated alkanes) is 2. The Morgan fingerprint density at radius 2 is 1.95 bits per heavy atom. The van der Waals surface area contributed by atoms with Gasteiger partial charge < -0.3 is 11.1 Å². The number of hydrogen-bond acceptors (Lipinski definition) is 3. The number of nitrogen functional groups attached to an aromatic ring is 1. The van der Waals surface area contributed by atoms with Gasteiger partial charge in [0.2, 0.25) is 0 Å². The number of nitrogens with zero attached hydrogens (tertiary/aromatic N) is 2. The Kier molecular flexibility index (Phi) is 5.90. The van der Waals surface area contributed by atoms with Crippen molar-refractivity contribution in [3.63, 3.8) is 0 Å². The van der Waals surface area contributed by atoms with Crippen LogP contribution in [0.4, 0.5) is 11.5 Å². The molecule has 0 radical (unpaired) electrons. The fraction of sp³-hybridized carbons (Fsp3) is 0.812. The molecule has 0 unspecified atom stereocenters. The zero-order valence-electron chi connectivity index (χ0n) is 14.1. The van der Waals surface area contributed by atoms with Crippen LogP contribution in [0.2, 0.25) is 0 Å². The minimum atomic E-state index is 0.282. The van der Waals surface area contributed by atoms with Gasteiger partial charge in [0.1, 0.15) is 5.82 Å². The van der Waals surface area contributed by atoms with Crippen LogP contribution < -0.4 is 11.1 Å². The van der Waals surface area contributed by atoms with E-state index in [1.165, 1.54) is 25.7 Å². The van der Waals surface area contributed by atoms with Crippen LogP contribution in [0.3, 0.4) is 0 Å². The topological polar surface area (TPSA) is 55.9 Å². The fourth-order valence-electron chi connectivity index (χ4n) is 2.46. The highest BCUT2D eigenvalue weighted by molar-refractivity contribution is 5.65. The molecule has 0 aliphatic rings. The molecule has 1 aromatic heterocycles. The molecule has 0 amide bonds. The molecule has 0 spiro atoms. The smallest absolute Gasteiger partial charge is 0.147 e. The quantitative estimate of drug-likeness (QED) is 0.703. The van der Waals surface area contributed by atoms with Crippen molar-refractivity contribution >= 4 is 11.5 Å². The summed E-state index contributed by atoms with van der Waals surface area (Å²) in [6.07, 6.45) is 5.12. The Hall–Kier alpha value is -1.19. The van der Waals surface area contributed by atoms with Gasteiger partial charge in [-0.05, 0) is 17.8 Å². The molecule has 1 rings (SSSR count). The van der Waals surface area contributed by atoms with Crippen LogP contribution in [0, 0.1) is 5.41 Å². The lowest BCUT2D eigenvalue weighted by molar-refractivity contribution is 0.342. The summed E-state index contributed by atoms with van der Waals surface area (Å²) in [6.45, 7) is 12.0. The van der Waals surface area contributed by atoms with Crippen LogP contribution in [0.25, 0.3) is 0 Å². The normalized spacial score (nSPS) is 12.2. The van der Waals surface area contributed by atoms with E-state index in [9.17, 15) is 0 Å². The lowest BCUT2D eigenvalue weighted by Crippen LogP contribution is -2.24. The molecule has 1 aromatic rings. The van der Waals surface area contributed by atoms with Crippen molar-refractivity contribution in [2.24, 2.45) is 12.5 Å². The predicted octanol–water partition coefficient (Wildman–Crippen LogP) is 4.14. The zero-order chi connectivity index (χ0) is 15.3. The molecule has 0 fully saturated rings. The number of nitrogens with one attached hydrogen (secondary N) is 1. The van der Waals surface area contributed by atoms with Crippen molar-refractivity contribution in [2.75, 3.05) is 17.6 Å². The highest BCUT2D eigenvalue weighted by Crippen LogP contribution is 2.30. The number of anilines is 2. The van der Waals surface area contributed by atoms with Crippen LogP contribution >= 0.6 is 0 Å². The molecular weight excluding hydrogens is 248 g/mol. The predicted molar refractivity (Wildman–Crippen MR) is 88.1 cm³/mol. The maximum Gasteiger partial charge on any atom is 0.147 e. The Morgan fingerprint density at radius 3 is 2.45 bits per heavy atom. The minimum absolute atomic E-state index is 0.282. The molecular formula is C16H32N4. The maximum absolute atomic E-state index is 6.21. The van der Waals surface area contributed by atoms with Crippen LogP contribution in [0.1, 0.15) is 71.9 Å². The second kappa shape index (κ2) is 7.00. The molecule has 4 nitrogen and oxygen atoms in total.